The van der Waals surface area contributed by atoms with Crippen LogP contribution in [0.25, 0.3) is 0 Å². The van der Waals surface area contributed by atoms with Crippen molar-refractivity contribution >= 4 is 6.09 Å². The monoisotopic (exact) mass is 162 g/mol. The van der Waals surface area contributed by atoms with Crippen molar-refractivity contribution in [3.05, 3.63) is 0 Å². The van der Waals surface area contributed by atoms with E-state index in [0.717, 1.165) is 6.42 Å². The third-order valence-electron chi connectivity index (χ3n) is 1.21. The Balaban J connectivity index is 3.36. The van der Waals surface area contributed by atoms with Gasteiger partial charge in [0, 0.05) is 0 Å². The van der Waals surface area contributed by atoms with Crippen LogP contribution in [0.2, 0.25) is 0 Å². The number of ether oxygens (including phenoxy) is 1. The minimum Gasteiger partial charge on any atom is -0.451 e. The lowest BCUT2D eigenvalue weighted by Crippen LogP contribution is -2.28. The standard InChI is InChI=1S/C6H14N2O3/c1-11-6(9)8(10)5-3-2-4-7/h10H,2-5,7H2,1H3. The van der Waals surface area contributed by atoms with Gasteiger partial charge in [-0.2, -0.15) is 5.06 Å². The van der Waals surface area contributed by atoms with E-state index in [1.54, 1.807) is 0 Å². The van der Waals surface area contributed by atoms with Crippen LogP contribution in [0.15, 0.2) is 0 Å². The van der Waals surface area contributed by atoms with Gasteiger partial charge in [-0.3, -0.25) is 5.21 Å². The predicted molar refractivity (Wildman–Crippen MR) is 39.2 cm³/mol. The quantitative estimate of drug-likeness (QED) is 0.351. The minimum absolute atomic E-state index is 0.268. The summed E-state index contributed by atoms with van der Waals surface area (Å²) >= 11 is 0. The third-order valence-corrected chi connectivity index (χ3v) is 1.21. The average Bonchev–Trinajstić information content (AvgIpc) is 2.03. The Morgan fingerprint density at radius 3 is 2.73 bits per heavy atom. The summed E-state index contributed by atoms with van der Waals surface area (Å²) in [5.41, 5.74) is 5.21. The first kappa shape index (κ1) is 10.2. The Kier molecular flexibility index (Phi) is 5.50. The molecule has 0 saturated carbocycles. The second kappa shape index (κ2) is 5.94. The number of hydrogen-bond acceptors (Lipinski definition) is 4. The zero-order valence-electron chi connectivity index (χ0n) is 6.62. The molecule has 0 aromatic heterocycles. The van der Waals surface area contributed by atoms with Gasteiger partial charge in [0.25, 0.3) is 0 Å². The fourth-order valence-electron chi connectivity index (χ4n) is 0.603. The summed E-state index contributed by atoms with van der Waals surface area (Å²) in [4.78, 5) is 10.5. The molecule has 0 aromatic carbocycles. The number of amides is 1. The molecule has 0 heterocycles. The predicted octanol–water partition coefficient (Wildman–Crippen LogP) is 0.183. The molecule has 66 valence electrons. The second-order valence-corrected chi connectivity index (χ2v) is 2.09. The van der Waals surface area contributed by atoms with E-state index in [9.17, 15) is 4.79 Å². The molecule has 0 aliphatic rings. The molecule has 0 aromatic rings. The first-order valence-corrected chi connectivity index (χ1v) is 3.46. The number of unbranched alkanes of at least 4 members (excludes halogenated alkanes) is 1. The molecule has 5 nitrogen and oxygen atoms in total. The van der Waals surface area contributed by atoms with Crippen LogP contribution in [-0.4, -0.2) is 36.6 Å². The van der Waals surface area contributed by atoms with Crippen LogP contribution in [0, 0.1) is 0 Å². The smallest absolute Gasteiger partial charge is 0.433 e. The first-order chi connectivity index (χ1) is 5.22. The molecule has 0 atom stereocenters. The zero-order chi connectivity index (χ0) is 8.69. The van der Waals surface area contributed by atoms with E-state index in [-0.39, 0.29) is 6.54 Å². The molecule has 0 radical (unpaired) electrons. The van der Waals surface area contributed by atoms with Crippen molar-refractivity contribution in [1.82, 2.24) is 5.06 Å². The number of methoxy groups -OCH3 is 1. The number of rotatable bonds is 4. The summed E-state index contributed by atoms with van der Waals surface area (Å²) < 4.78 is 4.25. The van der Waals surface area contributed by atoms with Gasteiger partial charge in [0.15, 0.2) is 0 Å². The van der Waals surface area contributed by atoms with Gasteiger partial charge in [0.1, 0.15) is 0 Å². The summed E-state index contributed by atoms with van der Waals surface area (Å²) in [7, 11) is 1.22. The third kappa shape index (κ3) is 4.58. The maximum Gasteiger partial charge on any atom is 0.433 e. The van der Waals surface area contributed by atoms with E-state index in [0.29, 0.717) is 18.0 Å². The van der Waals surface area contributed by atoms with Crippen molar-refractivity contribution in [2.75, 3.05) is 20.2 Å². The minimum atomic E-state index is -0.734. The summed E-state index contributed by atoms with van der Waals surface area (Å²) in [5, 5.41) is 9.40. The van der Waals surface area contributed by atoms with Crippen molar-refractivity contribution in [3.63, 3.8) is 0 Å². The molecule has 11 heavy (non-hydrogen) atoms. The number of hydroxylamine groups is 2. The topological polar surface area (TPSA) is 75.8 Å². The van der Waals surface area contributed by atoms with Crippen molar-refractivity contribution in [2.24, 2.45) is 5.73 Å². The Hall–Kier alpha value is -0.810. The summed E-state index contributed by atoms with van der Waals surface area (Å²) in [6.45, 7) is 0.832. The molecule has 0 rings (SSSR count). The lowest BCUT2D eigenvalue weighted by atomic mass is 10.3. The molecule has 0 spiro atoms. The number of nitrogens with zero attached hydrogens (tertiary/aromatic N) is 1. The highest BCUT2D eigenvalue weighted by Gasteiger charge is 2.08. The van der Waals surface area contributed by atoms with Gasteiger partial charge in [0.05, 0.1) is 13.7 Å². The zero-order valence-corrected chi connectivity index (χ0v) is 6.62. The summed E-state index contributed by atoms with van der Waals surface area (Å²) in [5.74, 6) is 0. The molecule has 0 unspecified atom stereocenters. The Bertz CT molecular complexity index is 118. The Labute approximate surface area is 65.7 Å². The van der Waals surface area contributed by atoms with E-state index < -0.39 is 6.09 Å². The van der Waals surface area contributed by atoms with Crippen LogP contribution in [0.3, 0.4) is 0 Å². The van der Waals surface area contributed by atoms with Gasteiger partial charge < -0.3 is 10.5 Å². The Morgan fingerprint density at radius 1 is 1.64 bits per heavy atom. The molecule has 0 bridgehead atoms. The number of nitrogens with two attached hydrogens (primary N) is 1. The molecule has 0 aliphatic carbocycles. The first-order valence-electron chi connectivity index (χ1n) is 3.46. The van der Waals surface area contributed by atoms with Crippen LogP contribution < -0.4 is 5.73 Å². The van der Waals surface area contributed by atoms with E-state index in [2.05, 4.69) is 4.74 Å². The molecular formula is C6H14N2O3. The number of hydrogen-bond donors (Lipinski definition) is 2. The number of carbonyl (C=O) groups excluding carboxylic acids is 1. The number of carbonyl (C=O) groups is 1. The van der Waals surface area contributed by atoms with Gasteiger partial charge >= 0.3 is 6.09 Å². The normalized spacial score (nSPS) is 9.36. The van der Waals surface area contributed by atoms with Crippen molar-refractivity contribution < 1.29 is 14.7 Å². The average molecular weight is 162 g/mol. The highest BCUT2D eigenvalue weighted by Crippen LogP contribution is 1.92. The van der Waals surface area contributed by atoms with Gasteiger partial charge in [-0.15, -0.1) is 0 Å². The Morgan fingerprint density at radius 2 is 2.27 bits per heavy atom. The van der Waals surface area contributed by atoms with Crippen LogP contribution in [0.4, 0.5) is 4.79 Å². The van der Waals surface area contributed by atoms with Crippen molar-refractivity contribution in [1.29, 1.82) is 0 Å². The molecule has 1 amide bonds. The molecule has 0 fully saturated rings. The lowest BCUT2D eigenvalue weighted by Gasteiger charge is -2.11. The SMILES string of the molecule is COC(=O)N(O)CCCCN. The maximum absolute atomic E-state index is 10.5. The molecule has 0 saturated heterocycles. The highest BCUT2D eigenvalue weighted by molar-refractivity contribution is 5.65. The van der Waals surface area contributed by atoms with Gasteiger partial charge in [-0.25, -0.2) is 4.79 Å². The van der Waals surface area contributed by atoms with E-state index >= 15 is 0 Å². The van der Waals surface area contributed by atoms with Crippen LogP contribution in [0.5, 0.6) is 0 Å². The fourth-order valence-corrected chi connectivity index (χ4v) is 0.603. The molecule has 3 N–H and O–H groups in total. The van der Waals surface area contributed by atoms with E-state index in [1.807, 2.05) is 0 Å². The summed E-state index contributed by atoms with van der Waals surface area (Å²) in [6.07, 6.45) is 0.734. The van der Waals surface area contributed by atoms with E-state index in [4.69, 9.17) is 10.9 Å². The fraction of sp³-hybridized carbons (Fsp3) is 0.833. The van der Waals surface area contributed by atoms with Gasteiger partial charge in [0.2, 0.25) is 0 Å². The van der Waals surface area contributed by atoms with Gasteiger partial charge in [-0.05, 0) is 19.4 Å². The lowest BCUT2D eigenvalue weighted by molar-refractivity contribution is -0.0697. The van der Waals surface area contributed by atoms with Crippen molar-refractivity contribution in [2.45, 2.75) is 12.8 Å². The van der Waals surface area contributed by atoms with Crippen LogP contribution in [0.1, 0.15) is 12.8 Å². The van der Waals surface area contributed by atoms with Crippen LogP contribution >= 0.6 is 0 Å². The van der Waals surface area contributed by atoms with E-state index in [1.165, 1.54) is 7.11 Å². The maximum atomic E-state index is 10.5. The highest BCUT2D eigenvalue weighted by atomic mass is 16.6. The molecular weight excluding hydrogens is 148 g/mol. The summed E-state index contributed by atoms with van der Waals surface area (Å²) in [6, 6.07) is 0. The molecule has 0 aliphatic heterocycles. The second-order valence-electron chi connectivity index (χ2n) is 2.09. The largest absolute Gasteiger partial charge is 0.451 e. The molecule has 5 heteroatoms. The van der Waals surface area contributed by atoms with Gasteiger partial charge in [-0.1, -0.05) is 0 Å². The van der Waals surface area contributed by atoms with Crippen molar-refractivity contribution in [3.8, 4) is 0 Å². The van der Waals surface area contributed by atoms with Crippen LogP contribution in [-0.2, 0) is 4.74 Å².